The third kappa shape index (κ3) is 5.37. The van der Waals surface area contributed by atoms with E-state index in [0.717, 1.165) is 6.07 Å². The smallest absolute Gasteiger partial charge is 0.282 e. The maximum Gasteiger partial charge on any atom is 0.282 e. The Kier molecular flexibility index (Phi) is 7.65. The van der Waals surface area contributed by atoms with Crippen LogP contribution in [-0.2, 0) is 9.47 Å². The maximum atomic E-state index is 14.4. The number of alkyl halides is 1. The fraction of sp³-hybridized carbons (Fsp3) is 0.278. The Labute approximate surface area is 165 Å². The van der Waals surface area contributed by atoms with Gasteiger partial charge in [0.15, 0.2) is 6.10 Å². The summed E-state index contributed by atoms with van der Waals surface area (Å²) in [5.74, 6) is -1.19. The van der Waals surface area contributed by atoms with Crippen molar-refractivity contribution in [1.29, 1.82) is 0 Å². The van der Waals surface area contributed by atoms with Crippen LogP contribution in [0.1, 0.15) is 22.2 Å². The van der Waals surface area contributed by atoms with Gasteiger partial charge in [-0.05, 0) is 30.3 Å². The lowest BCUT2D eigenvalue weighted by atomic mass is 10.0. The highest BCUT2D eigenvalue weighted by atomic mass is 35.5. The van der Waals surface area contributed by atoms with Crippen molar-refractivity contribution in [3.05, 3.63) is 58.6 Å². The normalized spacial score (nSPS) is 13.7. The van der Waals surface area contributed by atoms with Crippen molar-refractivity contribution in [3.8, 4) is 0 Å². The summed E-state index contributed by atoms with van der Waals surface area (Å²) in [5, 5.41) is 2.97. The van der Waals surface area contributed by atoms with E-state index in [9.17, 15) is 13.6 Å². The first-order chi connectivity index (χ1) is 13.4. The summed E-state index contributed by atoms with van der Waals surface area (Å²) >= 11 is 5.75. The molecule has 2 atom stereocenters. The predicted octanol–water partition coefficient (Wildman–Crippen LogP) is 3.11. The number of hydrogen-bond donors (Lipinski definition) is 2. The number of rotatable bonds is 7. The molecular formula is C18H19ClF2N4O3. The summed E-state index contributed by atoms with van der Waals surface area (Å²) in [4.78, 5) is 19.8. The summed E-state index contributed by atoms with van der Waals surface area (Å²) < 4.78 is 38.2. The first-order valence-electron chi connectivity index (χ1n) is 8.09. The van der Waals surface area contributed by atoms with Crippen LogP contribution in [0, 0.1) is 5.82 Å². The van der Waals surface area contributed by atoms with Gasteiger partial charge in [0.25, 0.3) is 11.9 Å². The number of hydrogen-bond acceptors (Lipinski definition) is 5. The van der Waals surface area contributed by atoms with E-state index < -0.39 is 30.6 Å². The van der Waals surface area contributed by atoms with E-state index in [1.165, 1.54) is 44.6 Å². The van der Waals surface area contributed by atoms with Gasteiger partial charge in [0, 0.05) is 31.6 Å². The molecule has 1 amide bonds. The number of aromatic nitrogens is 1. The Morgan fingerprint density at radius 2 is 2.14 bits per heavy atom. The van der Waals surface area contributed by atoms with Crippen LogP contribution in [0.2, 0.25) is 5.02 Å². The summed E-state index contributed by atoms with van der Waals surface area (Å²) in [5.41, 5.74) is 5.83. The molecular weight excluding hydrogens is 394 g/mol. The predicted molar refractivity (Wildman–Crippen MR) is 102 cm³/mol. The van der Waals surface area contributed by atoms with Crippen LogP contribution >= 0.6 is 11.6 Å². The third-order valence-electron chi connectivity index (χ3n) is 3.76. The number of methoxy groups -OCH3 is 1. The number of nitrogens with zero attached hydrogens (tertiary/aromatic N) is 2. The molecule has 2 aromatic rings. The van der Waals surface area contributed by atoms with Crippen molar-refractivity contribution in [2.24, 2.45) is 10.7 Å². The summed E-state index contributed by atoms with van der Waals surface area (Å²) in [6, 6.07) is 6.50. The Morgan fingerprint density at radius 3 is 2.71 bits per heavy atom. The fourth-order valence-corrected chi connectivity index (χ4v) is 2.52. The highest BCUT2D eigenvalue weighted by Crippen LogP contribution is 2.28. The van der Waals surface area contributed by atoms with Crippen molar-refractivity contribution in [1.82, 2.24) is 4.98 Å². The number of pyridine rings is 1. The Bertz CT molecular complexity index is 849. The summed E-state index contributed by atoms with van der Waals surface area (Å²) in [6.45, 7) is -1.00. The van der Waals surface area contributed by atoms with Gasteiger partial charge >= 0.3 is 0 Å². The van der Waals surface area contributed by atoms with Crippen molar-refractivity contribution < 1.29 is 23.0 Å². The standard InChI is InChI=1S/C18H19ClF2N4O3/c1-23-18(22)28-15(8-20)16(27-2)12-7-11(4-5-13(12)21)25-17(26)14-6-3-10(19)9-24-14/h3-7,9,15-16H,8H2,1-2H3,(H2,22,23)(H,25,26)/t15-,16-/m1/s1. The van der Waals surface area contributed by atoms with Crippen LogP contribution in [0.5, 0.6) is 0 Å². The molecule has 0 bridgehead atoms. The molecule has 1 heterocycles. The Morgan fingerprint density at radius 1 is 1.39 bits per heavy atom. The zero-order valence-electron chi connectivity index (χ0n) is 15.2. The van der Waals surface area contributed by atoms with E-state index in [2.05, 4.69) is 15.3 Å². The lowest BCUT2D eigenvalue weighted by molar-refractivity contribution is -0.0193. The molecule has 0 aliphatic rings. The van der Waals surface area contributed by atoms with Crippen LogP contribution in [0.4, 0.5) is 14.5 Å². The number of anilines is 1. The first kappa shape index (κ1) is 21.5. The van der Waals surface area contributed by atoms with Crippen molar-refractivity contribution >= 4 is 29.2 Å². The number of ether oxygens (including phenoxy) is 2. The van der Waals surface area contributed by atoms with Crippen molar-refractivity contribution in [3.63, 3.8) is 0 Å². The lowest BCUT2D eigenvalue weighted by Crippen LogP contribution is -2.32. The number of carbonyl (C=O) groups is 1. The topological polar surface area (TPSA) is 98.8 Å². The van der Waals surface area contributed by atoms with E-state index in [0.29, 0.717) is 5.02 Å². The average Bonchev–Trinajstić information content (AvgIpc) is 2.70. The SMILES string of the molecule is C/N=C(/N)O[C@H](CF)[C@H](OC)c1cc(NC(=O)c2ccc(Cl)cn2)ccc1F. The van der Waals surface area contributed by atoms with Crippen LogP contribution in [0.3, 0.4) is 0 Å². The molecule has 28 heavy (non-hydrogen) atoms. The minimum Gasteiger partial charge on any atom is -0.456 e. The molecule has 1 aromatic carbocycles. The number of benzene rings is 1. The third-order valence-corrected chi connectivity index (χ3v) is 3.98. The van der Waals surface area contributed by atoms with Gasteiger partial charge in [0.2, 0.25) is 0 Å². The second-order valence-corrected chi connectivity index (χ2v) is 6.02. The van der Waals surface area contributed by atoms with Crippen LogP contribution < -0.4 is 11.1 Å². The molecule has 10 heteroatoms. The molecule has 0 unspecified atom stereocenters. The second-order valence-electron chi connectivity index (χ2n) is 5.58. The van der Waals surface area contributed by atoms with E-state index in [1.54, 1.807) is 0 Å². The number of nitrogens with one attached hydrogen (secondary N) is 1. The van der Waals surface area contributed by atoms with E-state index >= 15 is 0 Å². The van der Waals surface area contributed by atoms with Gasteiger partial charge in [0.1, 0.15) is 24.3 Å². The lowest BCUT2D eigenvalue weighted by Gasteiger charge is -2.25. The minimum absolute atomic E-state index is 0.0177. The molecule has 0 saturated heterocycles. The molecule has 7 nitrogen and oxygen atoms in total. The van der Waals surface area contributed by atoms with Crippen LogP contribution in [0.25, 0.3) is 0 Å². The van der Waals surface area contributed by atoms with Gasteiger partial charge in [0.05, 0.1) is 5.02 Å². The molecule has 2 rings (SSSR count). The molecule has 1 aromatic heterocycles. The first-order valence-corrected chi connectivity index (χ1v) is 8.47. The molecule has 0 spiro atoms. The molecule has 3 N–H and O–H groups in total. The molecule has 0 radical (unpaired) electrons. The Hall–Kier alpha value is -2.78. The van der Waals surface area contributed by atoms with Crippen LogP contribution in [0.15, 0.2) is 41.5 Å². The molecule has 0 aliphatic carbocycles. The maximum absolute atomic E-state index is 14.4. The van der Waals surface area contributed by atoms with Gasteiger partial charge in [-0.25, -0.2) is 18.8 Å². The van der Waals surface area contributed by atoms with Gasteiger partial charge in [-0.3, -0.25) is 4.79 Å². The zero-order valence-corrected chi connectivity index (χ0v) is 15.9. The largest absolute Gasteiger partial charge is 0.456 e. The quantitative estimate of drug-likeness (QED) is 0.537. The number of nitrogens with two attached hydrogens (primary N) is 1. The second kappa shape index (κ2) is 9.95. The summed E-state index contributed by atoms with van der Waals surface area (Å²) in [6.07, 6.45) is -1.03. The fourth-order valence-electron chi connectivity index (χ4n) is 2.41. The highest BCUT2D eigenvalue weighted by Gasteiger charge is 2.28. The highest BCUT2D eigenvalue weighted by molar-refractivity contribution is 6.30. The van der Waals surface area contributed by atoms with E-state index in [-0.39, 0.29) is 23.0 Å². The number of aliphatic imine (C=N–C) groups is 1. The van der Waals surface area contributed by atoms with E-state index in [1.807, 2.05) is 0 Å². The molecule has 0 saturated carbocycles. The Balaban J connectivity index is 2.27. The van der Waals surface area contributed by atoms with Crippen molar-refractivity contribution in [2.75, 3.05) is 26.1 Å². The zero-order chi connectivity index (χ0) is 20.7. The molecule has 0 aliphatic heterocycles. The monoisotopic (exact) mass is 412 g/mol. The average molecular weight is 413 g/mol. The molecule has 150 valence electrons. The van der Waals surface area contributed by atoms with Crippen LogP contribution in [-0.4, -0.2) is 43.8 Å². The summed E-state index contributed by atoms with van der Waals surface area (Å²) in [7, 11) is 2.65. The van der Waals surface area contributed by atoms with Gasteiger partial charge in [-0.15, -0.1) is 0 Å². The van der Waals surface area contributed by atoms with E-state index in [4.69, 9.17) is 26.8 Å². The molecule has 0 fully saturated rings. The number of amidine groups is 1. The number of amides is 1. The minimum atomic E-state index is -1.23. The number of carbonyl (C=O) groups excluding carboxylic acids is 1. The van der Waals surface area contributed by atoms with Crippen molar-refractivity contribution in [2.45, 2.75) is 12.2 Å². The van der Waals surface area contributed by atoms with Gasteiger partial charge in [-0.2, -0.15) is 0 Å². The number of halogens is 3. The van der Waals surface area contributed by atoms with Gasteiger partial charge in [-0.1, -0.05) is 11.6 Å². The van der Waals surface area contributed by atoms with Gasteiger partial charge < -0.3 is 20.5 Å².